The normalized spacial score (nSPS) is 13.9. The van der Waals surface area contributed by atoms with E-state index in [2.05, 4.69) is 45.7 Å². The summed E-state index contributed by atoms with van der Waals surface area (Å²) in [6.07, 6.45) is 17.5. The fourth-order valence-electron chi connectivity index (χ4n) is 5.60. The van der Waals surface area contributed by atoms with Crippen LogP contribution in [0.25, 0.3) is 19.5 Å². The molecule has 0 radical (unpaired) electrons. The Labute approximate surface area is 269 Å². The SMILES string of the molecule is CCCCCCCCCCC(CCCCCC)CN1C(=O)c2c(-c3ccc(Br)s3)sc(-c3ccc(Br)s3)c2C1=O. The highest BCUT2D eigenvalue weighted by Crippen LogP contribution is 2.50. The van der Waals surface area contributed by atoms with E-state index in [1.807, 2.05) is 24.3 Å². The molecule has 0 N–H and O–H groups in total. The van der Waals surface area contributed by atoms with Crippen LogP contribution in [-0.2, 0) is 0 Å². The molecular formula is C32H41Br2NO2S3. The van der Waals surface area contributed by atoms with Crippen molar-refractivity contribution in [3.05, 3.63) is 43.0 Å². The van der Waals surface area contributed by atoms with Gasteiger partial charge in [0, 0.05) is 16.3 Å². The molecule has 1 aliphatic rings. The van der Waals surface area contributed by atoms with Gasteiger partial charge < -0.3 is 0 Å². The van der Waals surface area contributed by atoms with Gasteiger partial charge in [-0.15, -0.1) is 34.0 Å². The first-order chi connectivity index (χ1) is 19.4. The van der Waals surface area contributed by atoms with Crippen LogP contribution in [0.3, 0.4) is 0 Å². The lowest BCUT2D eigenvalue weighted by molar-refractivity contribution is 0.0622. The standard InChI is InChI=1S/C32H41Br2NO2S3/c1-3-5-7-9-10-11-12-14-16-22(15-13-8-6-4-2)21-35-31(36)27-28(32(35)37)30(24-18-20-26(34)39-24)40-29(27)23-17-19-25(33)38-23/h17-20,22H,3-16,21H2,1-2H3. The lowest BCUT2D eigenvalue weighted by Gasteiger charge is -2.23. The quantitative estimate of drug-likeness (QED) is 0.0966. The summed E-state index contributed by atoms with van der Waals surface area (Å²) >= 11 is 12.0. The molecule has 218 valence electrons. The molecule has 0 saturated heterocycles. The number of unbranched alkanes of at least 4 members (excludes halogenated alkanes) is 10. The number of halogens is 2. The molecule has 4 rings (SSSR count). The number of rotatable bonds is 18. The first-order valence-corrected chi connectivity index (χ1v) is 19.0. The Balaban J connectivity index is 1.50. The Morgan fingerprint density at radius 1 is 0.625 bits per heavy atom. The van der Waals surface area contributed by atoms with E-state index < -0.39 is 0 Å². The van der Waals surface area contributed by atoms with Crippen LogP contribution in [0.2, 0.25) is 0 Å². The summed E-state index contributed by atoms with van der Waals surface area (Å²) in [5.41, 5.74) is 1.22. The Morgan fingerprint density at radius 3 is 1.48 bits per heavy atom. The predicted octanol–water partition coefficient (Wildman–Crippen LogP) is 12.4. The highest BCUT2D eigenvalue weighted by molar-refractivity contribution is 9.11. The Bertz CT molecular complexity index is 1190. The van der Waals surface area contributed by atoms with Gasteiger partial charge in [0.1, 0.15) is 0 Å². The third-order valence-corrected chi connectivity index (χ3v) is 12.6. The number of carbonyl (C=O) groups excluding carboxylic acids is 2. The van der Waals surface area contributed by atoms with Gasteiger partial charge in [-0.05, 0) is 74.9 Å². The monoisotopic (exact) mass is 725 g/mol. The van der Waals surface area contributed by atoms with Crippen LogP contribution < -0.4 is 0 Å². The van der Waals surface area contributed by atoms with Crippen LogP contribution in [0.5, 0.6) is 0 Å². The van der Waals surface area contributed by atoms with Crippen molar-refractivity contribution in [3.8, 4) is 19.5 Å². The van der Waals surface area contributed by atoms with Crippen molar-refractivity contribution in [1.82, 2.24) is 4.90 Å². The fraction of sp³-hybridized carbons (Fsp3) is 0.562. The molecule has 0 fully saturated rings. The zero-order valence-electron chi connectivity index (χ0n) is 23.7. The molecule has 0 aromatic carbocycles. The van der Waals surface area contributed by atoms with Crippen LogP contribution in [0.4, 0.5) is 0 Å². The van der Waals surface area contributed by atoms with Gasteiger partial charge in [-0.2, -0.15) is 0 Å². The number of hydrogen-bond donors (Lipinski definition) is 0. The third-order valence-electron chi connectivity index (χ3n) is 7.79. The molecule has 3 nitrogen and oxygen atoms in total. The van der Waals surface area contributed by atoms with Gasteiger partial charge in [-0.25, -0.2) is 0 Å². The summed E-state index contributed by atoms with van der Waals surface area (Å²) in [4.78, 5) is 33.4. The van der Waals surface area contributed by atoms with Crippen molar-refractivity contribution >= 4 is 77.7 Å². The molecule has 8 heteroatoms. The van der Waals surface area contributed by atoms with Crippen LogP contribution >= 0.6 is 65.9 Å². The molecule has 1 unspecified atom stereocenters. The second-order valence-corrected chi connectivity index (χ2v) is 16.9. The van der Waals surface area contributed by atoms with Crippen molar-refractivity contribution in [2.24, 2.45) is 5.92 Å². The summed E-state index contributed by atoms with van der Waals surface area (Å²) in [5, 5.41) is 0. The maximum absolute atomic E-state index is 14.0. The highest BCUT2D eigenvalue weighted by atomic mass is 79.9. The van der Waals surface area contributed by atoms with Gasteiger partial charge in [-0.1, -0.05) is 90.9 Å². The van der Waals surface area contributed by atoms with E-state index in [4.69, 9.17) is 0 Å². The fourth-order valence-corrected chi connectivity index (χ4v) is 9.89. The van der Waals surface area contributed by atoms with Crippen LogP contribution in [0.1, 0.15) is 124 Å². The van der Waals surface area contributed by atoms with Crippen molar-refractivity contribution in [3.63, 3.8) is 0 Å². The molecule has 3 aromatic rings. The number of imide groups is 1. The number of fused-ring (bicyclic) bond motifs is 1. The van der Waals surface area contributed by atoms with Gasteiger partial charge in [0.15, 0.2) is 0 Å². The summed E-state index contributed by atoms with van der Waals surface area (Å²) in [6.45, 7) is 5.05. The second kappa shape index (κ2) is 16.2. The van der Waals surface area contributed by atoms with E-state index in [0.717, 1.165) is 39.9 Å². The lowest BCUT2D eigenvalue weighted by atomic mass is 9.93. The predicted molar refractivity (Wildman–Crippen MR) is 181 cm³/mol. The average Bonchev–Trinajstić information content (AvgIpc) is 3.71. The summed E-state index contributed by atoms with van der Waals surface area (Å²) in [7, 11) is 0. The number of hydrogen-bond acceptors (Lipinski definition) is 5. The maximum Gasteiger partial charge on any atom is 0.263 e. The van der Waals surface area contributed by atoms with Crippen molar-refractivity contribution < 1.29 is 9.59 Å². The first kappa shape index (κ1) is 32.1. The molecule has 2 amide bonds. The third kappa shape index (κ3) is 8.18. The summed E-state index contributed by atoms with van der Waals surface area (Å²) in [6, 6.07) is 8.13. The molecule has 0 spiro atoms. The van der Waals surface area contributed by atoms with E-state index >= 15 is 0 Å². The summed E-state index contributed by atoms with van der Waals surface area (Å²) < 4.78 is 2.05. The number of carbonyl (C=O) groups is 2. The van der Waals surface area contributed by atoms with Crippen LogP contribution in [0, 0.1) is 5.92 Å². The van der Waals surface area contributed by atoms with Gasteiger partial charge in [0.2, 0.25) is 0 Å². The molecule has 3 aromatic heterocycles. The molecule has 0 bridgehead atoms. The van der Waals surface area contributed by atoms with E-state index in [0.29, 0.717) is 23.6 Å². The van der Waals surface area contributed by atoms with Gasteiger partial charge in [0.05, 0.1) is 28.5 Å². The van der Waals surface area contributed by atoms with Crippen molar-refractivity contribution in [2.75, 3.05) is 6.54 Å². The van der Waals surface area contributed by atoms with E-state index in [1.165, 1.54) is 77.0 Å². The number of amides is 2. The van der Waals surface area contributed by atoms with Crippen molar-refractivity contribution in [2.45, 2.75) is 104 Å². The molecule has 0 saturated carbocycles. The van der Waals surface area contributed by atoms with E-state index in [1.54, 1.807) is 38.9 Å². The van der Waals surface area contributed by atoms with Gasteiger partial charge >= 0.3 is 0 Å². The Morgan fingerprint density at radius 2 is 1.05 bits per heavy atom. The Kier molecular flexibility index (Phi) is 13.0. The minimum atomic E-state index is -0.105. The average molecular weight is 728 g/mol. The van der Waals surface area contributed by atoms with Crippen molar-refractivity contribution in [1.29, 1.82) is 0 Å². The van der Waals surface area contributed by atoms with Gasteiger partial charge in [-0.3, -0.25) is 14.5 Å². The van der Waals surface area contributed by atoms with Gasteiger partial charge in [0.25, 0.3) is 11.8 Å². The van der Waals surface area contributed by atoms with Crippen LogP contribution in [0.15, 0.2) is 31.8 Å². The minimum Gasteiger partial charge on any atom is -0.274 e. The van der Waals surface area contributed by atoms with E-state index in [-0.39, 0.29) is 11.8 Å². The minimum absolute atomic E-state index is 0.105. The molecule has 1 atom stereocenters. The second-order valence-electron chi connectivity index (χ2n) is 10.9. The first-order valence-electron chi connectivity index (χ1n) is 15.0. The van der Waals surface area contributed by atoms with Crippen LogP contribution in [-0.4, -0.2) is 23.3 Å². The smallest absolute Gasteiger partial charge is 0.263 e. The zero-order valence-corrected chi connectivity index (χ0v) is 29.4. The molecule has 4 heterocycles. The molecular weight excluding hydrogens is 686 g/mol. The number of nitrogens with zero attached hydrogens (tertiary/aromatic N) is 1. The summed E-state index contributed by atoms with van der Waals surface area (Å²) in [5.74, 6) is 0.162. The zero-order chi connectivity index (χ0) is 28.5. The largest absolute Gasteiger partial charge is 0.274 e. The Hall–Kier alpha value is -0.800. The molecule has 40 heavy (non-hydrogen) atoms. The lowest BCUT2D eigenvalue weighted by Crippen LogP contribution is -2.35. The molecule has 0 aliphatic carbocycles. The number of thiophene rings is 3. The maximum atomic E-state index is 14.0. The molecule has 1 aliphatic heterocycles. The topological polar surface area (TPSA) is 37.4 Å². The highest BCUT2D eigenvalue weighted by Gasteiger charge is 2.43. The van der Waals surface area contributed by atoms with E-state index in [9.17, 15) is 9.59 Å².